The Morgan fingerprint density at radius 2 is 1.47 bits per heavy atom. The van der Waals surface area contributed by atoms with E-state index in [0.717, 1.165) is 43.5 Å². The van der Waals surface area contributed by atoms with Crippen molar-refractivity contribution in [3.8, 4) is 0 Å². The molecule has 1 heterocycles. The Hall–Kier alpha value is -2.82. The Bertz CT molecular complexity index is 986. The van der Waals surface area contributed by atoms with E-state index in [4.69, 9.17) is 4.74 Å². The largest absolute Gasteiger partial charge is 0.444 e. The number of fused-ring (bicyclic) bond motifs is 2. The van der Waals surface area contributed by atoms with E-state index in [9.17, 15) is 9.59 Å². The van der Waals surface area contributed by atoms with E-state index < -0.39 is 11.7 Å². The van der Waals surface area contributed by atoms with Gasteiger partial charge in [0.15, 0.2) is 0 Å². The molecule has 0 atom stereocenters. The van der Waals surface area contributed by atoms with E-state index >= 15 is 0 Å². The molecule has 2 aromatic rings. The number of amides is 2. The third-order valence-electron chi connectivity index (χ3n) is 6.72. The Kier molecular flexibility index (Phi) is 14.2. The predicted molar refractivity (Wildman–Crippen MR) is 160 cm³/mol. The van der Waals surface area contributed by atoms with Gasteiger partial charge in [0, 0.05) is 19.6 Å². The van der Waals surface area contributed by atoms with Crippen molar-refractivity contribution >= 4 is 12.0 Å². The highest BCUT2D eigenvalue weighted by Gasteiger charge is 2.41. The smallest absolute Gasteiger partial charge is 0.407 e. The predicted octanol–water partition coefficient (Wildman–Crippen LogP) is 7.84. The van der Waals surface area contributed by atoms with Gasteiger partial charge in [0.1, 0.15) is 5.60 Å². The average Bonchev–Trinajstić information content (AvgIpc) is 3.28. The van der Waals surface area contributed by atoms with Crippen LogP contribution in [0.25, 0.3) is 0 Å². The second kappa shape index (κ2) is 16.2. The number of carbonyl (C=O) groups is 2. The van der Waals surface area contributed by atoms with Crippen molar-refractivity contribution < 1.29 is 14.3 Å². The second-order valence-electron chi connectivity index (χ2n) is 10.2. The van der Waals surface area contributed by atoms with Crippen LogP contribution in [0.5, 0.6) is 0 Å². The van der Waals surface area contributed by atoms with Gasteiger partial charge >= 0.3 is 6.09 Å². The molecule has 1 fully saturated rings. The van der Waals surface area contributed by atoms with Gasteiger partial charge in [-0.2, -0.15) is 0 Å². The summed E-state index contributed by atoms with van der Waals surface area (Å²) in [5.74, 6) is 0.184. The van der Waals surface area contributed by atoms with Crippen LogP contribution in [0.1, 0.15) is 104 Å². The number of piperidine rings is 1. The molecule has 2 aromatic carbocycles. The maximum atomic E-state index is 13.0. The number of nitrogens with zero attached hydrogens (tertiary/aromatic N) is 1. The van der Waals surface area contributed by atoms with Crippen LogP contribution >= 0.6 is 0 Å². The monoisotopic (exact) mass is 524 g/mol. The first-order valence-corrected chi connectivity index (χ1v) is 14.6. The lowest BCUT2D eigenvalue weighted by atomic mass is 9.74. The molecular weight excluding hydrogens is 472 g/mol. The molecule has 38 heavy (non-hydrogen) atoms. The van der Waals surface area contributed by atoms with E-state index in [0.29, 0.717) is 13.0 Å². The molecule has 0 unspecified atom stereocenters. The molecule has 1 N–H and O–H groups in total. The molecule has 0 radical (unpaired) electrons. The van der Waals surface area contributed by atoms with Crippen molar-refractivity contribution in [3.63, 3.8) is 0 Å². The van der Waals surface area contributed by atoms with Crippen molar-refractivity contribution in [2.45, 2.75) is 112 Å². The SMILES string of the molecule is CC.CC.CC.CC(C)(C)OC(=O)NCc1cccc(CC(=O)N2CCC3(CCc4ccccc43)CC2)c1. The second-order valence-corrected chi connectivity index (χ2v) is 10.2. The Morgan fingerprint density at radius 1 is 0.868 bits per heavy atom. The third kappa shape index (κ3) is 9.49. The molecule has 0 bridgehead atoms. The average molecular weight is 525 g/mol. The summed E-state index contributed by atoms with van der Waals surface area (Å²) < 4.78 is 5.28. The molecule has 1 saturated heterocycles. The molecule has 1 spiro atoms. The van der Waals surface area contributed by atoms with Crippen LogP contribution in [-0.4, -0.2) is 35.6 Å². The van der Waals surface area contributed by atoms with Crippen LogP contribution in [0.2, 0.25) is 0 Å². The molecule has 4 rings (SSSR count). The Balaban J connectivity index is 0.00000112. The van der Waals surface area contributed by atoms with Gasteiger partial charge in [-0.25, -0.2) is 4.79 Å². The molecule has 2 amide bonds. The highest BCUT2D eigenvalue weighted by molar-refractivity contribution is 5.79. The van der Waals surface area contributed by atoms with Gasteiger partial charge in [-0.05, 0) is 74.1 Å². The number of hydrogen-bond acceptors (Lipinski definition) is 3. The normalized spacial score (nSPS) is 14.9. The maximum absolute atomic E-state index is 13.0. The van der Waals surface area contributed by atoms with Gasteiger partial charge in [0.25, 0.3) is 0 Å². The van der Waals surface area contributed by atoms with E-state index in [1.54, 1.807) is 0 Å². The highest BCUT2D eigenvalue weighted by atomic mass is 16.6. The topological polar surface area (TPSA) is 58.6 Å². The number of hydrogen-bond donors (Lipinski definition) is 1. The van der Waals surface area contributed by atoms with Crippen molar-refractivity contribution in [1.29, 1.82) is 0 Å². The molecule has 2 aliphatic rings. The number of likely N-dealkylation sites (tertiary alicyclic amines) is 1. The number of carbonyl (C=O) groups excluding carboxylic acids is 2. The van der Waals surface area contributed by atoms with E-state index in [-0.39, 0.29) is 11.3 Å². The van der Waals surface area contributed by atoms with Gasteiger partial charge in [0.2, 0.25) is 5.91 Å². The van der Waals surface area contributed by atoms with Crippen molar-refractivity contribution in [2.75, 3.05) is 13.1 Å². The summed E-state index contributed by atoms with van der Waals surface area (Å²) >= 11 is 0. The lowest BCUT2D eigenvalue weighted by molar-refractivity contribution is -0.132. The zero-order valence-corrected chi connectivity index (χ0v) is 25.4. The van der Waals surface area contributed by atoms with Crippen LogP contribution in [0.3, 0.4) is 0 Å². The van der Waals surface area contributed by atoms with Gasteiger partial charge in [-0.15, -0.1) is 0 Å². The number of rotatable bonds is 4. The summed E-state index contributed by atoms with van der Waals surface area (Å²) in [6.07, 6.45) is 4.43. The van der Waals surface area contributed by atoms with Crippen LogP contribution < -0.4 is 5.32 Å². The molecule has 5 heteroatoms. The number of alkyl carbamates (subject to hydrolysis) is 1. The van der Waals surface area contributed by atoms with Crippen molar-refractivity contribution in [2.24, 2.45) is 0 Å². The summed E-state index contributed by atoms with van der Waals surface area (Å²) in [5.41, 5.74) is 4.68. The highest BCUT2D eigenvalue weighted by Crippen LogP contribution is 2.46. The third-order valence-corrected chi connectivity index (χ3v) is 6.72. The first-order chi connectivity index (χ1) is 18.2. The fourth-order valence-corrected chi connectivity index (χ4v) is 5.09. The first kappa shape index (κ1) is 33.2. The standard InChI is InChI=1S/C27H34N2O3.3C2H6/c1-26(2,3)32-25(31)28-19-21-8-6-7-20(17-21)18-24(30)29-15-13-27(14-16-29)12-11-22-9-4-5-10-23(22)27;3*1-2/h4-10,17H,11-16,18-19H2,1-3H3,(H,28,31);3*1-2H3. The van der Waals surface area contributed by atoms with Gasteiger partial charge in [-0.3, -0.25) is 4.79 Å². The number of aryl methyl sites for hydroxylation is 1. The molecule has 212 valence electrons. The zero-order valence-electron chi connectivity index (χ0n) is 25.4. The summed E-state index contributed by atoms with van der Waals surface area (Å²) in [5, 5.41) is 2.78. The van der Waals surface area contributed by atoms with E-state index in [2.05, 4.69) is 29.6 Å². The van der Waals surface area contributed by atoms with Gasteiger partial charge in [0.05, 0.1) is 6.42 Å². The molecule has 1 aliphatic carbocycles. The number of benzene rings is 2. The van der Waals surface area contributed by atoms with Crippen LogP contribution in [0, 0.1) is 0 Å². The zero-order chi connectivity index (χ0) is 28.8. The van der Waals surface area contributed by atoms with Gasteiger partial charge < -0.3 is 15.0 Å². The molecule has 0 saturated carbocycles. The van der Waals surface area contributed by atoms with Crippen LogP contribution in [-0.2, 0) is 34.3 Å². The fourth-order valence-electron chi connectivity index (χ4n) is 5.09. The number of ether oxygens (including phenoxy) is 1. The Morgan fingerprint density at radius 3 is 2.11 bits per heavy atom. The Labute approximate surface area is 232 Å². The van der Waals surface area contributed by atoms with Crippen LogP contribution in [0.15, 0.2) is 48.5 Å². The molecule has 5 nitrogen and oxygen atoms in total. The summed E-state index contributed by atoms with van der Waals surface area (Å²) in [4.78, 5) is 26.9. The summed E-state index contributed by atoms with van der Waals surface area (Å²) in [6, 6.07) is 16.7. The minimum atomic E-state index is -0.522. The minimum Gasteiger partial charge on any atom is -0.444 e. The fraction of sp³-hybridized carbons (Fsp3) is 0.576. The lowest BCUT2D eigenvalue weighted by Gasteiger charge is -2.40. The van der Waals surface area contributed by atoms with Crippen molar-refractivity contribution in [1.82, 2.24) is 10.2 Å². The maximum Gasteiger partial charge on any atom is 0.407 e. The van der Waals surface area contributed by atoms with Crippen molar-refractivity contribution in [3.05, 3.63) is 70.8 Å². The van der Waals surface area contributed by atoms with E-state index in [1.807, 2.05) is 91.5 Å². The van der Waals surface area contributed by atoms with Crippen LogP contribution in [0.4, 0.5) is 4.79 Å². The molecule has 1 aliphatic heterocycles. The van der Waals surface area contributed by atoms with Gasteiger partial charge in [-0.1, -0.05) is 90.1 Å². The summed E-state index contributed by atoms with van der Waals surface area (Å²) in [7, 11) is 0. The molecular formula is C33H52N2O3. The molecule has 0 aromatic heterocycles. The minimum absolute atomic E-state index is 0.184. The quantitative estimate of drug-likeness (QED) is 0.443. The lowest BCUT2D eigenvalue weighted by Crippen LogP contribution is -2.44. The number of nitrogens with one attached hydrogen (secondary N) is 1. The van der Waals surface area contributed by atoms with E-state index in [1.165, 1.54) is 17.5 Å². The first-order valence-electron chi connectivity index (χ1n) is 14.6. The summed E-state index contributed by atoms with van der Waals surface area (Å²) in [6.45, 7) is 19.6.